The van der Waals surface area contributed by atoms with Crippen LogP contribution in [0.5, 0.6) is 5.75 Å². The molecular weight excluding hydrogens is 452 g/mol. The van der Waals surface area contributed by atoms with E-state index in [0.29, 0.717) is 10.2 Å². The number of carbonyl (C=O) groups excluding carboxylic acids is 1. The van der Waals surface area contributed by atoms with Crippen molar-refractivity contribution in [2.24, 2.45) is 0 Å². The van der Waals surface area contributed by atoms with Crippen LogP contribution in [-0.4, -0.2) is 61.4 Å². The molecule has 2 fully saturated rings. The molecule has 1 aliphatic carbocycles. The van der Waals surface area contributed by atoms with Gasteiger partial charge >= 0.3 is 0 Å². The molecule has 0 N–H and O–H groups in total. The minimum Gasteiger partial charge on any atom is -0.494 e. The van der Waals surface area contributed by atoms with Crippen LogP contribution in [0.15, 0.2) is 21.5 Å². The fraction of sp³-hybridized carbons (Fsp3) is 0.533. The van der Waals surface area contributed by atoms with Crippen LogP contribution in [-0.2, 0) is 14.8 Å². The van der Waals surface area contributed by atoms with Gasteiger partial charge in [0.05, 0.1) is 17.5 Å². The van der Waals surface area contributed by atoms with Crippen molar-refractivity contribution >= 4 is 55.2 Å². The minimum absolute atomic E-state index is 0.0382. The van der Waals surface area contributed by atoms with E-state index in [1.165, 1.54) is 29.2 Å². The van der Waals surface area contributed by atoms with Gasteiger partial charge in [-0.3, -0.25) is 4.79 Å². The van der Waals surface area contributed by atoms with Crippen molar-refractivity contribution in [2.45, 2.75) is 29.8 Å². The Bertz CT molecular complexity index is 801. The molecule has 1 aromatic rings. The van der Waals surface area contributed by atoms with Crippen molar-refractivity contribution in [2.75, 3.05) is 25.8 Å². The highest BCUT2D eigenvalue weighted by atomic mass is 79.9. The van der Waals surface area contributed by atoms with E-state index < -0.39 is 16.1 Å². The fourth-order valence-corrected chi connectivity index (χ4v) is 7.30. The van der Waals surface area contributed by atoms with Crippen molar-refractivity contribution < 1.29 is 17.9 Å². The van der Waals surface area contributed by atoms with E-state index in [2.05, 4.69) is 15.9 Å². The zero-order valence-corrected chi connectivity index (χ0v) is 17.7. The maximum Gasteiger partial charge on any atom is 0.248 e. The predicted molar refractivity (Wildman–Crippen MR) is 102 cm³/mol. The molecule has 2 aliphatic rings. The number of likely N-dealkylation sites (N-methyl/N-ethyl adjacent to an activating group) is 1. The standard InChI is InChI=1S/C15H18BrClN2O4S2/c1-18(10-3-4-10)15(20)12-7-24-8-19(12)25(21,22)13-6-9(17)5-11(16)14(13)23-2/h5-6,10,12H,3-4,7-8H2,1-2H3. The first-order valence-corrected chi connectivity index (χ1v) is 11.4. The number of sulfonamides is 1. The SMILES string of the molecule is COc1c(Br)cc(Cl)cc1S(=O)(=O)N1CSCC1C(=O)N(C)C1CC1. The summed E-state index contributed by atoms with van der Waals surface area (Å²) in [7, 11) is -0.795. The van der Waals surface area contributed by atoms with Crippen LogP contribution in [0.3, 0.4) is 0 Å². The van der Waals surface area contributed by atoms with Crippen LogP contribution in [0, 0.1) is 0 Å². The summed E-state index contributed by atoms with van der Waals surface area (Å²) in [5.41, 5.74) is 0. The Balaban J connectivity index is 1.97. The van der Waals surface area contributed by atoms with E-state index in [4.69, 9.17) is 16.3 Å². The Morgan fingerprint density at radius 3 is 2.72 bits per heavy atom. The molecule has 1 heterocycles. The normalized spacial score (nSPS) is 21.4. The molecule has 0 aromatic heterocycles. The highest BCUT2D eigenvalue weighted by Gasteiger charge is 2.44. The van der Waals surface area contributed by atoms with Crippen LogP contribution in [0.4, 0.5) is 0 Å². The first-order chi connectivity index (χ1) is 11.8. The van der Waals surface area contributed by atoms with Crippen LogP contribution in [0.1, 0.15) is 12.8 Å². The molecule has 1 aliphatic heterocycles. The monoisotopic (exact) mass is 468 g/mol. The third kappa shape index (κ3) is 3.66. The summed E-state index contributed by atoms with van der Waals surface area (Å²) in [6, 6.07) is 2.46. The lowest BCUT2D eigenvalue weighted by atomic mass is 10.3. The van der Waals surface area contributed by atoms with Gasteiger partial charge in [-0.05, 0) is 40.9 Å². The molecule has 1 aromatic carbocycles. The third-order valence-electron chi connectivity index (χ3n) is 4.33. The summed E-state index contributed by atoms with van der Waals surface area (Å²) in [5, 5.41) is 0.274. The van der Waals surface area contributed by atoms with Gasteiger partial charge in [0.15, 0.2) is 5.75 Å². The first kappa shape index (κ1) is 19.3. The van der Waals surface area contributed by atoms with Crippen molar-refractivity contribution in [3.05, 3.63) is 21.6 Å². The largest absolute Gasteiger partial charge is 0.494 e. The van der Waals surface area contributed by atoms with E-state index >= 15 is 0 Å². The van der Waals surface area contributed by atoms with Gasteiger partial charge in [0.1, 0.15) is 10.9 Å². The van der Waals surface area contributed by atoms with Gasteiger partial charge in [0, 0.05) is 23.9 Å². The van der Waals surface area contributed by atoms with Crippen LogP contribution >= 0.6 is 39.3 Å². The lowest BCUT2D eigenvalue weighted by Crippen LogP contribution is -2.48. The molecule has 1 unspecified atom stereocenters. The van der Waals surface area contributed by atoms with E-state index in [0.717, 1.165) is 12.8 Å². The maximum atomic E-state index is 13.2. The molecular formula is C15H18BrClN2O4S2. The maximum absolute atomic E-state index is 13.2. The number of thioether (sulfide) groups is 1. The Morgan fingerprint density at radius 1 is 1.44 bits per heavy atom. The molecule has 25 heavy (non-hydrogen) atoms. The van der Waals surface area contributed by atoms with Crippen LogP contribution < -0.4 is 4.74 Å². The molecule has 1 saturated carbocycles. The van der Waals surface area contributed by atoms with E-state index in [9.17, 15) is 13.2 Å². The van der Waals surface area contributed by atoms with E-state index in [-0.39, 0.29) is 33.5 Å². The van der Waals surface area contributed by atoms with Crippen LogP contribution in [0.25, 0.3) is 0 Å². The zero-order valence-electron chi connectivity index (χ0n) is 13.7. The molecule has 0 spiro atoms. The smallest absolute Gasteiger partial charge is 0.248 e. The molecule has 10 heteroatoms. The molecule has 0 bridgehead atoms. The lowest BCUT2D eigenvalue weighted by molar-refractivity contribution is -0.133. The summed E-state index contributed by atoms with van der Waals surface area (Å²) in [4.78, 5) is 14.4. The zero-order chi connectivity index (χ0) is 18.4. The Kier molecular flexibility index (Phi) is 5.60. The predicted octanol–water partition coefficient (Wildman–Crippen LogP) is 2.80. The molecule has 138 valence electrons. The average Bonchev–Trinajstić information content (AvgIpc) is 3.28. The van der Waals surface area contributed by atoms with Crippen LogP contribution in [0.2, 0.25) is 5.02 Å². The number of ether oxygens (including phenoxy) is 1. The Labute approximate surface area is 165 Å². The highest BCUT2D eigenvalue weighted by molar-refractivity contribution is 9.10. The summed E-state index contributed by atoms with van der Waals surface area (Å²) in [5.74, 6) is 0.697. The number of benzene rings is 1. The first-order valence-electron chi connectivity index (χ1n) is 7.66. The van der Waals surface area contributed by atoms with E-state index in [1.54, 1.807) is 18.0 Å². The van der Waals surface area contributed by atoms with Crippen molar-refractivity contribution in [1.82, 2.24) is 9.21 Å². The molecule has 3 rings (SSSR count). The van der Waals surface area contributed by atoms with Gasteiger partial charge in [-0.25, -0.2) is 8.42 Å². The highest BCUT2D eigenvalue weighted by Crippen LogP contribution is 2.39. The summed E-state index contributed by atoms with van der Waals surface area (Å²) in [6.07, 6.45) is 1.95. The summed E-state index contributed by atoms with van der Waals surface area (Å²) in [6.45, 7) is 0. The lowest BCUT2D eigenvalue weighted by Gasteiger charge is -2.27. The van der Waals surface area contributed by atoms with Gasteiger partial charge in [0.25, 0.3) is 0 Å². The number of rotatable bonds is 5. The number of amides is 1. The number of hydrogen-bond donors (Lipinski definition) is 0. The number of halogens is 2. The Hall–Kier alpha value is -0.480. The number of methoxy groups -OCH3 is 1. The summed E-state index contributed by atoms with van der Waals surface area (Å²) < 4.78 is 33.4. The molecule has 1 atom stereocenters. The van der Waals surface area contributed by atoms with E-state index in [1.807, 2.05) is 0 Å². The number of carbonyl (C=O) groups is 1. The van der Waals surface area contributed by atoms with Crippen molar-refractivity contribution in [3.63, 3.8) is 0 Å². The third-order valence-corrected chi connectivity index (χ3v) is 8.18. The number of nitrogens with zero attached hydrogens (tertiary/aromatic N) is 2. The van der Waals surface area contributed by atoms with Gasteiger partial charge in [-0.2, -0.15) is 4.31 Å². The topological polar surface area (TPSA) is 66.9 Å². The number of hydrogen-bond acceptors (Lipinski definition) is 5. The second-order valence-electron chi connectivity index (χ2n) is 6.01. The molecule has 1 saturated heterocycles. The minimum atomic E-state index is -3.93. The molecule has 0 radical (unpaired) electrons. The fourth-order valence-electron chi connectivity index (χ4n) is 2.79. The Morgan fingerprint density at radius 2 is 2.12 bits per heavy atom. The van der Waals surface area contributed by atoms with Crippen molar-refractivity contribution in [3.8, 4) is 5.75 Å². The van der Waals surface area contributed by atoms with Crippen molar-refractivity contribution in [1.29, 1.82) is 0 Å². The summed E-state index contributed by atoms with van der Waals surface area (Å²) >= 11 is 10.7. The van der Waals surface area contributed by atoms with Gasteiger partial charge in [-0.15, -0.1) is 11.8 Å². The molecule has 1 amide bonds. The molecule has 6 nitrogen and oxygen atoms in total. The second-order valence-corrected chi connectivity index (χ2v) is 10.2. The van der Waals surface area contributed by atoms with Gasteiger partial charge in [-0.1, -0.05) is 11.6 Å². The van der Waals surface area contributed by atoms with Gasteiger partial charge < -0.3 is 9.64 Å². The second kappa shape index (κ2) is 7.26. The average molecular weight is 470 g/mol. The quantitative estimate of drug-likeness (QED) is 0.663. The van der Waals surface area contributed by atoms with Gasteiger partial charge in [0.2, 0.25) is 15.9 Å².